The largest absolute Gasteiger partial charge is 0.476 e. The Labute approximate surface area is 241 Å². The van der Waals surface area contributed by atoms with Crippen molar-refractivity contribution < 1.29 is 42.1 Å². The van der Waals surface area contributed by atoms with Crippen LogP contribution in [0.4, 0.5) is 10.3 Å². The molecule has 0 amide bonds. The second-order valence-electron chi connectivity index (χ2n) is 10.7. The Hall–Kier alpha value is -3.36. The highest BCUT2D eigenvalue weighted by atomic mass is 31.2. The molecule has 1 aliphatic carbocycles. The van der Waals surface area contributed by atoms with Crippen molar-refractivity contribution in [2.24, 2.45) is 0 Å². The number of aromatic nitrogens is 4. The average molecular weight is 609 g/mol. The van der Waals surface area contributed by atoms with E-state index in [1.54, 1.807) is 51.1 Å². The Morgan fingerprint density at radius 3 is 2.69 bits per heavy atom. The van der Waals surface area contributed by atoms with E-state index < -0.39 is 55.6 Å². The van der Waals surface area contributed by atoms with Crippen molar-refractivity contribution in [1.82, 2.24) is 24.6 Å². The van der Waals surface area contributed by atoms with Crippen LogP contribution in [0.25, 0.3) is 11.2 Å². The second-order valence-corrected chi connectivity index (χ2v) is 12.4. The zero-order valence-corrected chi connectivity index (χ0v) is 24.7. The van der Waals surface area contributed by atoms with Gasteiger partial charge < -0.3 is 29.6 Å². The highest BCUT2D eigenvalue weighted by molar-refractivity contribution is 7.52. The summed E-state index contributed by atoms with van der Waals surface area (Å²) in [6.07, 6.45) is -0.698. The molecule has 4 N–H and O–H groups in total. The third-order valence-electron chi connectivity index (χ3n) is 7.21. The molecule has 2 aromatic heterocycles. The molecule has 14 nitrogen and oxygen atoms in total. The smallest absolute Gasteiger partial charge is 0.459 e. The van der Waals surface area contributed by atoms with Crippen LogP contribution in [0.15, 0.2) is 36.7 Å². The van der Waals surface area contributed by atoms with Crippen LogP contribution < -0.4 is 20.1 Å². The first-order chi connectivity index (χ1) is 19.7. The average Bonchev–Trinajstić information content (AvgIpc) is 3.23. The number of nitrogens with two attached hydrogens (primary N) is 1. The number of rotatable bonds is 12. The van der Waals surface area contributed by atoms with Gasteiger partial charge in [0.25, 0.3) is 0 Å². The van der Waals surface area contributed by atoms with E-state index in [1.165, 1.54) is 24.7 Å². The number of anilines is 1. The van der Waals surface area contributed by atoms with Gasteiger partial charge in [-0.25, -0.2) is 13.9 Å². The number of alkyl halides is 1. The van der Waals surface area contributed by atoms with Crippen molar-refractivity contribution in [3.63, 3.8) is 0 Å². The van der Waals surface area contributed by atoms with E-state index in [1.807, 2.05) is 0 Å². The zero-order chi connectivity index (χ0) is 30.5. The van der Waals surface area contributed by atoms with E-state index in [2.05, 4.69) is 20.0 Å². The zero-order valence-electron chi connectivity index (χ0n) is 23.8. The predicted molar refractivity (Wildman–Crippen MR) is 147 cm³/mol. The van der Waals surface area contributed by atoms with Crippen LogP contribution in [0.5, 0.6) is 11.6 Å². The number of hydrogen-bond acceptors (Lipinski definition) is 12. The van der Waals surface area contributed by atoms with Crippen molar-refractivity contribution in [2.75, 3.05) is 18.9 Å². The summed E-state index contributed by atoms with van der Waals surface area (Å²) in [4.78, 5) is 24.9. The van der Waals surface area contributed by atoms with Crippen molar-refractivity contribution in [3.05, 3.63) is 36.7 Å². The monoisotopic (exact) mass is 608 g/mol. The molecule has 3 aromatic rings. The molecule has 5 rings (SSSR count). The minimum Gasteiger partial charge on any atom is -0.476 e. The number of fused-ring (bicyclic) bond motifs is 2. The van der Waals surface area contributed by atoms with Crippen LogP contribution in [-0.2, 0) is 23.4 Å². The Morgan fingerprint density at radius 2 is 2.02 bits per heavy atom. The molecule has 2 fully saturated rings. The number of esters is 1. The molecule has 16 heteroatoms. The third-order valence-corrected chi connectivity index (χ3v) is 8.84. The minimum absolute atomic E-state index is 0.120. The van der Waals surface area contributed by atoms with E-state index >= 15 is 4.39 Å². The molecule has 2 aliphatic rings. The second kappa shape index (κ2) is 10.7. The molecule has 42 heavy (non-hydrogen) atoms. The van der Waals surface area contributed by atoms with Crippen LogP contribution in [0.1, 0.15) is 47.3 Å². The number of nitrogen functional groups attached to an aromatic ring is 1. The maximum atomic E-state index is 16.4. The van der Waals surface area contributed by atoms with Crippen molar-refractivity contribution in [2.45, 2.75) is 76.3 Å². The molecule has 228 valence electrons. The number of imidazole rings is 1. The number of aliphatic hydroxyl groups is 1. The molecule has 3 heterocycles. The lowest BCUT2D eigenvalue weighted by Crippen LogP contribution is -2.43. The van der Waals surface area contributed by atoms with Gasteiger partial charge in [0.05, 0.1) is 25.6 Å². The Balaban J connectivity index is 1.41. The first-order valence-corrected chi connectivity index (χ1v) is 15.0. The van der Waals surface area contributed by atoms with Crippen LogP contribution >= 0.6 is 7.75 Å². The van der Waals surface area contributed by atoms with Gasteiger partial charge in [-0.2, -0.15) is 15.1 Å². The van der Waals surface area contributed by atoms with Crippen molar-refractivity contribution in [3.8, 4) is 11.6 Å². The number of benzene rings is 1. The molecule has 1 aromatic carbocycles. The summed E-state index contributed by atoms with van der Waals surface area (Å²) in [5, 5.41) is 14.0. The number of carbonyl (C=O) groups excluding carboxylic acids is 1. The van der Waals surface area contributed by atoms with E-state index in [-0.39, 0.29) is 41.8 Å². The fraction of sp³-hybridized carbons (Fsp3) is 0.538. The maximum Gasteiger partial charge on any atom is 0.459 e. The fourth-order valence-electron chi connectivity index (χ4n) is 5.02. The third kappa shape index (κ3) is 5.20. The Morgan fingerprint density at radius 1 is 1.31 bits per heavy atom. The molecule has 1 aliphatic heterocycles. The van der Waals surface area contributed by atoms with E-state index in [9.17, 15) is 14.5 Å². The molecular weight excluding hydrogens is 574 g/mol. The summed E-state index contributed by atoms with van der Waals surface area (Å²) in [6.45, 7) is 7.48. The number of ether oxygens (including phenoxy) is 3. The summed E-state index contributed by atoms with van der Waals surface area (Å²) in [7, 11) is -4.31. The summed E-state index contributed by atoms with van der Waals surface area (Å²) in [6, 6.07) is 7.07. The lowest BCUT2D eigenvalue weighted by atomic mass is 9.96. The van der Waals surface area contributed by atoms with E-state index in [0.717, 1.165) is 0 Å². The number of para-hydroxylation sites is 1. The standard InChI is InChI=1S/C26H34FN6O8P/c1-6-37-20-18-19(30-23(28)31-20)33(14-29-18)22-24(5,27)26(35)12-25(26,40-22)13-38-42(36,41-17-10-8-7-9-11-17)32-16(4)21(34)39-15(2)3/h7-11,14-16,22,35H,6,12-13H2,1-5H3,(H,32,36)(H2,28,30,31). The van der Waals surface area contributed by atoms with Crippen LogP contribution in [0.3, 0.4) is 0 Å². The lowest BCUT2D eigenvalue weighted by molar-refractivity contribution is -0.149. The topological polar surface area (TPSA) is 182 Å². The first kappa shape index (κ1) is 30.1. The number of halogens is 1. The normalized spacial score (nSPS) is 28.7. The SMILES string of the molecule is CCOc1nc(N)nc2c1ncn2C1OC2(COP(=O)(NC(C)C(=O)OC(C)C)Oc3ccccc3)CC2(O)C1(C)F. The van der Waals surface area contributed by atoms with Gasteiger partial charge in [-0.3, -0.25) is 13.9 Å². The summed E-state index contributed by atoms with van der Waals surface area (Å²) in [5.74, 6) is -0.494. The number of carbonyl (C=O) groups is 1. The maximum absolute atomic E-state index is 16.4. The van der Waals surface area contributed by atoms with Crippen LogP contribution in [-0.4, -0.2) is 72.8 Å². The van der Waals surface area contributed by atoms with Crippen LogP contribution in [0, 0.1) is 0 Å². The molecular formula is C26H34FN6O8P. The number of nitrogens with one attached hydrogen (secondary N) is 1. The lowest BCUT2D eigenvalue weighted by Gasteiger charge is -2.28. The van der Waals surface area contributed by atoms with Gasteiger partial charge in [0.1, 0.15) is 23.0 Å². The van der Waals surface area contributed by atoms with Gasteiger partial charge in [0, 0.05) is 6.42 Å². The molecule has 0 spiro atoms. The van der Waals surface area contributed by atoms with E-state index in [4.69, 9.17) is 29.0 Å². The minimum atomic E-state index is -4.31. The quantitative estimate of drug-likeness (QED) is 0.202. The summed E-state index contributed by atoms with van der Waals surface area (Å²) in [5.41, 5.74) is 0.209. The van der Waals surface area contributed by atoms with Gasteiger partial charge in [-0.1, -0.05) is 18.2 Å². The molecule has 1 saturated heterocycles. The van der Waals surface area contributed by atoms with Crippen molar-refractivity contribution >= 4 is 30.8 Å². The first-order valence-electron chi connectivity index (χ1n) is 13.4. The van der Waals surface area contributed by atoms with E-state index in [0.29, 0.717) is 0 Å². The Kier molecular flexibility index (Phi) is 7.69. The number of nitrogens with zero attached hydrogens (tertiary/aromatic N) is 4. The highest BCUT2D eigenvalue weighted by Crippen LogP contribution is 2.69. The van der Waals surface area contributed by atoms with Crippen molar-refractivity contribution in [1.29, 1.82) is 0 Å². The van der Waals surface area contributed by atoms with Gasteiger partial charge in [-0.05, 0) is 46.8 Å². The number of hydrogen-bond donors (Lipinski definition) is 3. The van der Waals surface area contributed by atoms with Gasteiger partial charge in [0.2, 0.25) is 11.8 Å². The molecule has 0 radical (unpaired) electrons. The highest BCUT2D eigenvalue weighted by Gasteiger charge is 2.85. The molecule has 1 saturated carbocycles. The predicted octanol–water partition coefficient (Wildman–Crippen LogP) is 3.07. The molecule has 6 atom stereocenters. The van der Waals surface area contributed by atoms with Gasteiger partial charge in [-0.15, -0.1) is 0 Å². The summed E-state index contributed by atoms with van der Waals surface area (Å²) < 4.78 is 59.9. The molecule has 6 unspecified atom stereocenters. The Bertz CT molecular complexity index is 1520. The molecule has 0 bridgehead atoms. The van der Waals surface area contributed by atoms with Crippen LogP contribution in [0.2, 0.25) is 0 Å². The summed E-state index contributed by atoms with van der Waals surface area (Å²) >= 11 is 0. The van der Waals surface area contributed by atoms with Gasteiger partial charge >= 0.3 is 13.7 Å². The fourth-order valence-corrected chi connectivity index (χ4v) is 6.55. The van der Waals surface area contributed by atoms with Gasteiger partial charge in [0.15, 0.2) is 23.1 Å².